The van der Waals surface area contributed by atoms with Crippen molar-refractivity contribution >= 4 is 5.97 Å². The molecule has 2 rings (SSSR count). The van der Waals surface area contributed by atoms with Crippen LogP contribution in [0.2, 0.25) is 0 Å². The number of aromatic amines is 1. The first-order valence-electron chi connectivity index (χ1n) is 4.55. The first-order chi connectivity index (χ1) is 7.72. The van der Waals surface area contributed by atoms with E-state index in [1.807, 2.05) is 6.07 Å². The number of nitrogens with zero attached hydrogens (tertiary/aromatic N) is 2. The number of benzene rings is 1. The fourth-order valence-corrected chi connectivity index (χ4v) is 1.26. The number of rotatable bonds is 2. The van der Waals surface area contributed by atoms with E-state index in [9.17, 15) is 9.59 Å². The molecule has 82 valence electrons. The zero-order valence-electron chi connectivity index (χ0n) is 8.51. The normalized spacial score (nSPS) is 10.1. The molecule has 2 aromatic rings. The maximum atomic E-state index is 11.5. The molecule has 1 aromatic heterocycles. The van der Waals surface area contributed by atoms with Crippen molar-refractivity contribution in [3.63, 3.8) is 0 Å². The first kappa shape index (κ1) is 10.2. The van der Waals surface area contributed by atoms with Crippen molar-refractivity contribution < 1.29 is 9.53 Å². The highest BCUT2D eigenvalue weighted by atomic mass is 16.5. The number of hydrogen-bond donors (Lipinski definition) is 1. The molecule has 0 atom stereocenters. The highest BCUT2D eigenvalue weighted by Crippen LogP contribution is 2.02. The average molecular weight is 219 g/mol. The molecule has 0 spiro atoms. The smallest absolute Gasteiger partial charge is 0.375 e. The molecule has 6 heteroatoms. The van der Waals surface area contributed by atoms with E-state index in [0.29, 0.717) is 5.69 Å². The van der Waals surface area contributed by atoms with E-state index in [1.54, 1.807) is 24.3 Å². The van der Waals surface area contributed by atoms with E-state index < -0.39 is 11.7 Å². The average Bonchev–Trinajstić information content (AvgIpc) is 2.71. The van der Waals surface area contributed by atoms with Crippen LogP contribution in [0, 0.1) is 0 Å². The van der Waals surface area contributed by atoms with Crippen LogP contribution in [0.15, 0.2) is 35.1 Å². The van der Waals surface area contributed by atoms with Crippen LogP contribution in [-0.2, 0) is 4.74 Å². The lowest BCUT2D eigenvalue weighted by Crippen LogP contribution is -2.15. The van der Waals surface area contributed by atoms with E-state index in [1.165, 1.54) is 11.8 Å². The Morgan fingerprint density at radius 2 is 2.06 bits per heavy atom. The van der Waals surface area contributed by atoms with Crippen LogP contribution in [0.3, 0.4) is 0 Å². The van der Waals surface area contributed by atoms with Gasteiger partial charge in [0, 0.05) is 0 Å². The molecule has 0 unspecified atom stereocenters. The summed E-state index contributed by atoms with van der Waals surface area (Å²) in [7, 11) is 1.22. The summed E-state index contributed by atoms with van der Waals surface area (Å²) in [5, 5.41) is 2.57. The molecule has 0 aliphatic rings. The number of carbonyl (C=O) groups excluding carboxylic acids is 1. The van der Waals surface area contributed by atoms with Gasteiger partial charge in [0.2, 0.25) is 5.82 Å². The van der Waals surface area contributed by atoms with Crippen LogP contribution < -0.4 is 5.69 Å². The molecule has 0 aliphatic carbocycles. The molecule has 1 N–H and O–H groups in total. The molecule has 6 nitrogen and oxygen atoms in total. The van der Waals surface area contributed by atoms with Gasteiger partial charge in [0.05, 0.1) is 12.8 Å². The minimum atomic E-state index is -0.674. The van der Waals surface area contributed by atoms with Gasteiger partial charge < -0.3 is 4.74 Å². The minimum absolute atomic E-state index is 0.114. The van der Waals surface area contributed by atoms with E-state index in [4.69, 9.17) is 0 Å². The van der Waals surface area contributed by atoms with Crippen molar-refractivity contribution in [3.05, 3.63) is 46.6 Å². The topological polar surface area (TPSA) is 77.0 Å². The SMILES string of the molecule is COC(=O)c1nc(=O)n(-c2ccccc2)[nH]1. The quantitative estimate of drug-likeness (QED) is 0.739. The minimum Gasteiger partial charge on any atom is -0.463 e. The Morgan fingerprint density at radius 1 is 1.38 bits per heavy atom. The zero-order valence-corrected chi connectivity index (χ0v) is 8.51. The molecule has 0 fully saturated rings. The Labute approximate surface area is 90.5 Å². The van der Waals surface area contributed by atoms with Crippen LogP contribution >= 0.6 is 0 Å². The molecule has 1 aromatic carbocycles. The van der Waals surface area contributed by atoms with Crippen LogP contribution in [0.25, 0.3) is 5.69 Å². The second-order valence-electron chi connectivity index (χ2n) is 3.02. The van der Waals surface area contributed by atoms with Gasteiger partial charge in [-0.3, -0.25) is 5.10 Å². The molecule has 0 radical (unpaired) electrons. The highest BCUT2D eigenvalue weighted by molar-refractivity contribution is 5.84. The van der Waals surface area contributed by atoms with Gasteiger partial charge in [-0.15, -0.1) is 0 Å². The largest absolute Gasteiger partial charge is 0.463 e. The number of hydrogen-bond acceptors (Lipinski definition) is 4. The molecule has 0 saturated heterocycles. The first-order valence-corrected chi connectivity index (χ1v) is 4.55. The van der Waals surface area contributed by atoms with Gasteiger partial charge in [-0.2, -0.15) is 4.98 Å². The van der Waals surface area contributed by atoms with Crippen LogP contribution in [0.5, 0.6) is 0 Å². The third kappa shape index (κ3) is 1.72. The number of carbonyl (C=O) groups is 1. The molecule has 0 aliphatic heterocycles. The Balaban J connectivity index is 2.48. The van der Waals surface area contributed by atoms with Crippen LogP contribution in [0.4, 0.5) is 0 Å². The summed E-state index contributed by atoms with van der Waals surface area (Å²) in [5.74, 6) is -0.789. The second kappa shape index (κ2) is 4.01. The van der Waals surface area contributed by atoms with Crippen molar-refractivity contribution in [2.24, 2.45) is 0 Å². The lowest BCUT2D eigenvalue weighted by Gasteiger charge is -1.98. The molecule has 0 saturated carbocycles. The predicted molar refractivity (Wildman–Crippen MR) is 55.5 cm³/mol. The van der Waals surface area contributed by atoms with Crippen molar-refractivity contribution in [3.8, 4) is 5.69 Å². The Bertz CT molecular complexity index is 556. The molecule has 0 bridgehead atoms. The summed E-state index contributed by atoms with van der Waals surface area (Å²) in [6.45, 7) is 0. The number of methoxy groups -OCH3 is 1. The lowest BCUT2D eigenvalue weighted by molar-refractivity contribution is 0.0587. The van der Waals surface area contributed by atoms with E-state index >= 15 is 0 Å². The second-order valence-corrected chi connectivity index (χ2v) is 3.02. The molecular weight excluding hydrogens is 210 g/mol. The number of nitrogens with one attached hydrogen (secondary N) is 1. The summed E-state index contributed by atoms with van der Waals surface area (Å²) in [5.41, 5.74) is 0.0572. The standard InChI is InChI=1S/C10H9N3O3/c1-16-9(14)8-11-10(15)13(12-8)7-5-3-2-4-6-7/h2-6H,1H3,(H,11,12,15). The number of H-pyrrole nitrogens is 1. The van der Waals surface area contributed by atoms with Crippen molar-refractivity contribution in [2.45, 2.75) is 0 Å². The molecule has 16 heavy (non-hydrogen) atoms. The maximum Gasteiger partial charge on any atom is 0.375 e. The van der Waals surface area contributed by atoms with Crippen molar-refractivity contribution in [2.75, 3.05) is 7.11 Å². The fraction of sp³-hybridized carbons (Fsp3) is 0.100. The number of aromatic nitrogens is 3. The van der Waals surface area contributed by atoms with Gasteiger partial charge in [-0.1, -0.05) is 18.2 Å². The van der Waals surface area contributed by atoms with Crippen LogP contribution in [0.1, 0.15) is 10.6 Å². The van der Waals surface area contributed by atoms with Gasteiger partial charge in [0.15, 0.2) is 0 Å². The van der Waals surface area contributed by atoms with Gasteiger partial charge in [0.1, 0.15) is 0 Å². The fourth-order valence-electron chi connectivity index (χ4n) is 1.26. The highest BCUT2D eigenvalue weighted by Gasteiger charge is 2.13. The van der Waals surface area contributed by atoms with E-state index in [0.717, 1.165) is 0 Å². The predicted octanol–water partition coefficient (Wildman–Crippen LogP) is 0.347. The van der Waals surface area contributed by atoms with Gasteiger partial charge in [0.25, 0.3) is 0 Å². The van der Waals surface area contributed by atoms with Crippen molar-refractivity contribution in [1.82, 2.24) is 14.8 Å². The summed E-state index contributed by atoms with van der Waals surface area (Å²) in [4.78, 5) is 26.2. The Hall–Kier alpha value is -2.37. The molecule has 1 heterocycles. The van der Waals surface area contributed by atoms with Gasteiger partial charge in [-0.05, 0) is 12.1 Å². The third-order valence-corrected chi connectivity index (χ3v) is 2.01. The van der Waals surface area contributed by atoms with Gasteiger partial charge >= 0.3 is 11.7 Å². The number of esters is 1. The molecule has 0 amide bonds. The van der Waals surface area contributed by atoms with E-state index in [2.05, 4.69) is 14.8 Å². The lowest BCUT2D eigenvalue weighted by atomic mass is 10.3. The van der Waals surface area contributed by atoms with Gasteiger partial charge in [-0.25, -0.2) is 14.3 Å². The molecular formula is C10H9N3O3. The third-order valence-electron chi connectivity index (χ3n) is 2.01. The van der Waals surface area contributed by atoms with Crippen molar-refractivity contribution in [1.29, 1.82) is 0 Å². The Morgan fingerprint density at radius 3 is 2.69 bits per heavy atom. The summed E-state index contributed by atoms with van der Waals surface area (Å²) < 4.78 is 5.63. The maximum absolute atomic E-state index is 11.5. The monoisotopic (exact) mass is 219 g/mol. The van der Waals surface area contributed by atoms with E-state index in [-0.39, 0.29) is 5.82 Å². The Kier molecular flexibility index (Phi) is 2.55. The zero-order chi connectivity index (χ0) is 11.5. The summed E-state index contributed by atoms with van der Waals surface area (Å²) in [6.07, 6.45) is 0. The van der Waals surface area contributed by atoms with Crippen LogP contribution in [-0.4, -0.2) is 27.8 Å². The number of para-hydroxylation sites is 1. The summed E-state index contributed by atoms with van der Waals surface area (Å²) in [6, 6.07) is 8.83. The number of ether oxygens (including phenoxy) is 1. The summed E-state index contributed by atoms with van der Waals surface area (Å²) >= 11 is 0.